The highest BCUT2D eigenvalue weighted by Gasteiger charge is 2.17. The SMILES string of the molecule is Cc1cc2c(cc1C)N(Cc1cccnc1)CCN2. The second-order valence-corrected chi connectivity index (χ2v) is 5.16. The van der Waals surface area contributed by atoms with Crippen LogP contribution in [0.15, 0.2) is 36.7 Å². The summed E-state index contributed by atoms with van der Waals surface area (Å²) < 4.78 is 0. The number of fused-ring (bicyclic) bond motifs is 1. The second-order valence-electron chi connectivity index (χ2n) is 5.16. The molecule has 1 aromatic carbocycles. The fourth-order valence-electron chi connectivity index (χ4n) is 2.53. The fraction of sp³-hybridized carbons (Fsp3) is 0.312. The van der Waals surface area contributed by atoms with E-state index >= 15 is 0 Å². The van der Waals surface area contributed by atoms with E-state index in [9.17, 15) is 0 Å². The Bertz CT molecular complexity index is 578. The zero-order valence-electron chi connectivity index (χ0n) is 11.5. The maximum absolute atomic E-state index is 4.20. The van der Waals surface area contributed by atoms with Crippen LogP contribution in [0.1, 0.15) is 16.7 Å². The summed E-state index contributed by atoms with van der Waals surface area (Å²) in [6, 6.07) is 8.67. The number of hydrogen-bond donors (Lipinski definition) is 1. The molecule has 3 rings (SSSR count). The third-order valence-electron chi connectivity index (χ3n) is 3.75. The largest absolute Gasteiger partial charge is 0.382 e. The van der Waals surface area contributed by atoms with Crippen LogP contribution < -0.4 is 10.2 Å². The molecule has 0 bridgehead atoms. The zero-order chi connectivity index (χ0) is 13.2. The lowest BCUT2D eigenvalue weighted by molar-refractivity contribution is 0.783. The van der Waals surface area contributed by atoms with Crippen LogP contribution in [0, 0.1) is 13.8 Å². The minimum Gasteiger partial charge on any atom is -0.382 e. The fourth-order valence-corrected chi connectivity index (χ4v) is 2.53. The summed E-state index contributed by atoms with van der Waals surface area (Å²) in [4.78, 5) is 6.62. The van der Waals surface area contributed by atoms with Crippen LogP contribution >= 0.6 is 0 Å². The Morgan fingerprint density at radius 3 is 2.89 bits per heavy atom. The Hall–Kier alpha value is -2.03. The molecule has 0 unspecified atom stereocenters. The van der Waals surface area contributed by atoms with Crippen molar-refractivity contribution in [3.05, 3.63) is 53.3 Å². The number of aryl methyl sites for hydroxylation is 2. The summed E-state index contributed by atoms with van der Waals surface area (Å²) in [5, 5.41) is 3.49. The molecule has 98 valence electrons. The molecule has 0 amide bonds. The lowest BCUT2D eigenvalue weighted by Crippen LogP contribution is -2.33. The summed E-state index contributed by atoms with van der Waals surface area (Å²) in [5.41, 5.74) is 6.50. The van der Waals surface area contributed by atoms with Crippen molar-refractivity contribution in [3.63, 3.8) is 0 Å². The molecule has 1 aliphatic rings. The van der Waals surface area contributed by atoms with Crippen LogP contribution in [-0.2, 0) is 6.54 Å². The molecule has 0 saturated carbocycles. The van der Waals surface area contributed by atoms with Crippen molar-refractivity contribution < 1.29 is 0 Å². The molecule has 0 spiro atoms. The molecule has 3 heteroatoms. The zero-order valence-corrected chi connectivity index (χ0v) is 11.5. The molecule has 1 aromatic heterocycles. The number of rotatable bonds is 2. The van der Waals surface area contributed by atoms with Gasteiger partial charge >= 0.3 is 0 Å². The Balaban J connectivity index is 1.92. The van der Waals surface area contributed by atoms with Gasteiger partial charge in [-0.1, -0.05) is 6.07 Å². The molecular weight excluding hydrogens is 234 g/mol. The van der Waals surface area contributed by atoms with Gasteiger partial charge < -0.3 is 10.2 Å². The summed E-state index contributed by atoms with van der Waals surface area (Å²) in [5.74, 6) is 0. The van der Waals surface area contributed by atoms with Crippen molar-refractivity contribution >= 4 is 11.4 Å². The smallest absolute Gasteiger partial charge is 0.0608 e. The van der Waals surface area contributed by atoms with Crippen molar-refractivity contribution in [2.75, 3.05) is 23.3 Å². The van der Waals surface area contributed by atoms with Gasteiger partial charge in [-0.3, -0.25) is 4.98 Å². The minimum atomic E-state index is 0.922. The quantitative estimate of drug-likeness (QED) is 0.891. The molecule has 0 radical (unpaired) electrons. The highest BCUT2D eigenvalue weighted by molar-refractivity contribution is 5.74. The molecule has 0 saturated heterocycles. The molecule has 2 aromatic rings. The average molecular weight is 253 g/mol. The van der Waals surface area contributed by atoms with Gasteiger partial charge in [-0.15, -0.1) is 0 Å². The summed E-state index contributed by atoms with van der Waals surface area (Å²) in [7, 11) is 0. The first-order valence-electron chi connectivity index (χ1n) is 6.73. The number of benzene rings is 1. The highest BCUT2D eigenvalue weighted by Crippen LogP contribution is 2.32. The Labute approximate surface area is 114 Å². The van der Waals surface area contributed by atoms with Gasteiger partial charge in [-0.05, 0) is 48.7 Å². The first-order chi connectivity index (χ1) is 9.24. The molecule has 1 N–H and O–H groups in total. The predicted octanol–water partition coefficient (Wildman–Crippen LogP) is 3.13. The van der Waals surface area contributed by atoms with Gasteiger partial charge in [0.25, 0.3) is 0 Å². The first-order valence-corrected chi connectivity index (χ1v) is 6.73. The summed E-state index contributed by atoms with van der Waals surface area (Å²) in [6.45, 7) is 7.29. The number of pyridine rings is 1. The topological polar surface area (TPSA) is 28.2 Å². The first kappa shape index (κ1) is 12.0. The molecule has 0 atom stereocenters. The van der Waals surface area contributed by atoms with Crippen molar-refractivity contribution in [3.8, 4) is 0 Å². The van der Waals surface area contributed by atoms with Crippen LogP contribution in [0.5, 0.6) is 0 Å². The van der Waals surface area contributed by atoms with Crippen LogP contribution in [0.3, 0.4) is 0 Å². The van der Waals surface area contributed by atoms with Crippen molar-refractivity contribution in [2.24, 2.45) is 0 Å². The maximum Gasteiger partial charge on any atom is 0.0608 e. The van der Waals surface area contributed by atoms with Gasteiger partial charge in [0, 0.05) is 32.0 Å². The van der Waals surface area contributed by atoms with Gasteiger partial charge in [-0.2, -0.15) is 0 Å². The summed E-state index contributed by atoms with van der Waals surface area (Å²) in [6.07, 6.45) is 3.77. The molecule has 2 heterocycles. The van der Waals surface area contributed by atoms with Gasteiger partial charge in [-0.25, -0.2) is 0 Å². The molecule has 0 aliphatic carbocycles. The Morgan fingerprint density at radius 1 is 1.26 bits per heavy atom. The average Bonchev–Trinajstić information content (AvgIpc) is 2.42. The van der Waals surface area contributed by atoms with Crippen LogP contribution in [0.4, 0.5) is 11.4 Å². The summed E-state index contributed by atoms with van der Waals surface area (Å²) >= 11 is 0. The van der Waals surface area contributed by atoms with E-state index in [1.165, 1.54) is 28.1 Å². The number of aromatic nitrogens is 1. The molecule has 1 aliphatic heterocycles. The monoisotopic (exact) mass is 253 g/mol. The number of anilines is 2. The number of nitrogens with one attached hydrogen (secondary N) is 1. The third kappa shape index (κ3) is 2.41. The second kappa shape index (κ2) is 4.92. The van der Waals surface area contributed by atoms with Gasteiger partial charge in [0.2, 0.25) is 0 Å². The Morgan fingerprint density at radius 2 is 2.11 bits per heavy atom. The molecular formula is C16H19N3. The van der Waals surface area contributed by atoms with Crippen LogP contribution in [-0.4, -0.2) is 18.1 Å². The van der Waals surface area contributed by atoms with Crippen LogP contribution in [0.2, 0.25) is 0 Å². The minimum absolute atomic E-state index is 0.922. The van der Waals surface area contributed by atoms with Gasteiger partial charge in [0.1, 0.15) is 0 Å². The van der Waals surface area contributed by atoms with Crippen molar-refractivity contribution in [1.82, 2.24) is 4.98 Å². The maximum atomic E-state index is 4.20. The van der Waals surface area contributed by atoms with Crippen molar-refractivity contribution in [1.29, 1.82) is 0 Å². The molecule has 3 nitrogen and oxygen atoms in total. The van der Waals surface area contributed by atoms with E-state index in [1.54, 1.807) is 0 Å². The standard InChI is InChI=1S/C16H19N3/c1-12-8-15-16(9-13(12)2)19(7-6-18-15)11-14-4-3-5-17-10-14/h3-5,8-10,18H,6-7,11H2,1-2H3. The van der Waals surface area contributed by atoms with E-state index in [2.05, 4.69) is 47.2 Å². The highest BCUT2D eigenvalue weighted by atomic mass is 15.2. The number of nitrogens with zero attached hydrogens (tertiary/aromatic N) is 2. The Kier molecular flexibility index (Phi) is 3.11. The number of hydrogen-bond acceptors (Lipinski definition) is 3. The van der Waals surface area contributed by atoms with E-state index in [4.69, 9.17) is 0 Å². The van der Waals surface area contributed by atoms with Gasteiger partial charge in [0.05, 0.1) is 11.4 Å². The van der Waals surface area contributed by atoms with E-state index in [0.29, 0.717) is 0 Å². The van der Waals surface area contributed by atoms with Crippen molar-refractivity contribution in [2.45, 2.75) is 20.4 Å². The lowest BCUT2D eigenvalue weighted by Gasteiger charge is -2.33. The predicted molar refractivity (Wildman–Crippen MR) is 79.7 cm³/mol. The molecule has 19 heavy (non-hydrogen) atoms. The third-order valence-corrected chi connectivity index (χ3v) is 3.75. The van der Waals surface area contributed by atoms with Crippen LogP contribution in [0.25, 0.3) is 0 Å². The van der Waals surface area contributed by atoms with E-state index in [0.717, 1.165) is 19.6 Å². The van der Waals surface area contributed by atoms with E-state index in [1.807, 2.05) is 18.5 Å². The lowest BCUT2D eigenvalue weighted by atomic mass is 10.0. The van der Waals surface area contributed by atoms with E-state index < -0.39 is 0 Å². The normalized spacial score (nSPS) is 13.9. The van der Waals surface area contributed by atoms with E-state index in [-0.39, 0.29) is 0 Å². The molecule has 0 fully saturated rings. The van der Waals surface area contributed by atoms with Gasteiger partial charge in [0.15, 0.2) is 0 Å².